The van der Waals surface area contributed by atoms with E-state index in [4.69, 9.17) is 0 Å². The van der Waals surface area contributed by atoms with E-state index in [0.29, 0.717) is 0 Å². The molecule has 0 unspecified atom stereocenters. The largest absolute Gasteiger partial charge is 0.319 e. The minimum Gasteiger partial charge on any atom is -0.319 e. The van der Waals surface area contributed by atoms with Crippen LogP contribution in [0.4, 0.5) is 0 Å². The first-order valence-electron chi connectivity index (χ1n) is 14.7. The lowest BCUT2D eigenvalue weighted by molar-refractivity contribution is 0.576. The monoisotopic (exact) mass is 540 g/mol. The topological polar surface area (TPSA) is 17.1 Å². The highest BCUT2D eigenvalue weighted by molar-refractivity contribution is 7.71. The smallest absolute Gasteiger partial charge is 0.115 e. The Balaban J connectivity index is 1.54. The van der Waals surface area contributed by atoms with Crippen molar-refractivity contribution in [3.05, 3.63) is 115 Å². The molecule has 0 saturated carbocycles. The number of unbranched alkanes of at least 4 members (excludes halogenated alkanes) is 2. The first-order valence-corrected chi connectivity index (χ1v) is 16.8. The predicted octanol–water partition coefficient (Wildman–Crippen LogP) is 11.1. The SMILES string of the molecule is CCCCP(=O)(CCCC)c1ccc(-c2c3ccccc3c(-c3ccc4ccccc4c3)c3ccccc23)cc1. The second-order valence-corrected chi connectivity index (χ2v) is 14.2. The maximum absolute atomic E-state index is 14.1. The summed E-state index contributed by atoms with van der Waals surface area (Å²) in [5.74, 6) is 0. The van der Waals surface area contributed by atoms with E-state index >= 15 is 0 Å². The highest BCUT2D eigenvalue weighted by Gasteiger charge is 2.24. The van der Waals surface area contributed by atoms with Gasteiger partial charge in [0.1, 0.15) is 7.14 Å². The molecule has 0 aromatic heterocycles. The van der Waals surface area contributed by atoms with Crippen LogP contribution in [-0.2, 0) is 4.57 Å². The summed E-state index contributed by atoms with van der Waals surface area (Å²) in [4.78, 5) is 0. The van der Waals surface area contributed by atoms with Crippen molar-refractivity contribution in [2.45, 2.75) is 39.5 Å². The molecule has 0 aliphatic rings. The van der Waals surface area contributed by atoms with Gasteiger partial charge in [-0.3, -0.25) is 0 Å². The average molecular weight is 541 g/mol. The second-order valence-electron chi connectivity index (χ2n) is 11.0. The third kappa shape index (κ3) is 4.89. The van der Waals surface area contributed by atoms with Gasteiger partial charge in [-0.05, 0) is 73.5 Å². The van der Waals surface area contributed by atoms with Crippen LogP contribution in [-0.4, -0.2) is 12.3 Å². The van der Waals surface area contributed by atoms with Gasteiger partial charge in [-0.25, -0.2) is 0 Å². The number of hydrogen-bond donors (Lipinski definition) is 0. The molecule has 0 heterocycles. The van der Waals surface area contributed by atoms with E-state index in [2.05, 4.69) is 129 Å². The minimum atomic E-state index is -2.38. The van der Waals surface area contributed by atoms with Crippen LogP contribution >= 0.6 is 7.14 Å². The Morgan fingerprint density at radius 3 is 1.48 bits per heavy atom. The molecule has 0 N–H and O–H groups in total. The van der Waals surface area contributed by atoms with Gasteiger partial charge in [-0.15, -0.1) is 0 Å². The van der Waals surface area contributed by atoms with E-state index in [1.54, 1.807) is 0 Å². The zero-order valence-electron chi connectivity index (χ0n) is 23.6. The van der Waals surface area contributed by atoms with E-state index in [0.717, 1.165) is 43.3 Å². The molecule has 0 fully saturated rings. The van der Waals surface area contributed by atoms with Crippen LogP contribution in [0.1, 0.15) is 39.5 Å². The van der Waals surface area contributed by atoms with Crippen LogP contribution in [0.2, 0.25) is 0 Å². The van der Waals surface area contributed by atoms with E-state index < -0.39 is 7.14 Å². The zero-order chi connectivity index (χ0) is 27.5. The lowest BCUT2D eigenvalue weighted by atomic mass is 9.85. The normalized spacial score (nSPS) is 11.9. The molecule has 1 nitrogen and oxygen atoms in total. The maximum atomic E-state index is 14.1. The molecule has 0 atom stereocenters. The van der Waals surface area contributed by atoms with Crippen LogP contribution in [0.5, 0.6) is 0 Å². The number of hydrogen-bond acceptors (Lipinski definition) is 1. The molecule has 6 aromatic rings. The Morgan fingerprint density at radius 2 is 0.950 bits per heavy atom. The van der Waals surface area contributed by atoms with Gasteiger partial charge in [0, 0.05) is 17.6 Å². The van der Waals surface area contributed by atoms with Crippen molar-refractivity contribution in [3.8, 4) is 22.3 Å². The summed E-state index contributed by atoms with van der Waals surface area (Å²) in [5, 5.41) is 8.56. The van der Waals surface area contributed by atoms with Gasteiger partial charge in [0.15, 0.2) is 0 Å². The maximum Gasteiger partial charge on any atom is 0.115 e. The molecule has 40 heavy (non-hydrogen) atoms. The molecule has 200 valence electrons. The first-order chi connectivity index (χ1) is 19.6. The quantitative estimate of drug-likeness (QED) is 0.132. The highest BCUT2D eigenvalue weighted by atomic mass is 31.2. The molecule has 0 bridgehead atoms. The number of fused-ring (bicyclic) bond motifs is 3. The fourth-order valence-electron chi connectivity index (χ4n) is 6.19. The molecule has 0 aliphatic carbocycles. The van der Waals surface area contributed by atoms with Crippen molar-refractivity contribution in [1.29, 1.82) is 0 Å². The third-order valence-electron chi connectivity index (χ3n) is 8.34. The van der Waals surface area contributed by atoms with Gasteiger partial charge < -0.3 is 4.57 Å². The van der Waals surface area contributed by atoms with Crippen LogP contribution in [0.3, 0.4) is 0 Å². The standard InChI is InChI=1S/C38H37OP/c1-3-5-25-40(39,26-6-4-2)32-23-21-29(22-24-32)37-33-15-9-11-17-35(33)38(36-18-12-10-16-34(36)37)31-20-19-28-13-7-8-14-30(28)27-31/h7-24,27H,3-6,25-26H2,1-2H3. The van der Waals surface area contributed by atoms with E-state index in [1.807, 2.05) is 0 Å². The van der Waals surface area contributed by atoms with E-state index in [1.165, 1.54) is 54.6 Å². The Hall–Kier alpha value is -3.67. The number of benzene rings is 6. The van der Waals surface area contributed by atoms with Crippen molar-refractivity contribution in [1.82, 2.24) is 0 Å². The van der Waals surface area contributed by atoms with Crippen LogP contribution in [0.15, 0.2) is 115 Å². The molecule has 6 rings (SSSR count). The summed E-state index contributed by atoms with van der Waals surface area (Å²) in [5.41, 5.74) is 4.94. The fourth-order valence-corrected chi connectivity index (χ4v) is 9.28. The molecule has 0 saturated heterocycles. The summed E-state index contributed by atoms with van der Waals surface area (Å²) in [6.07, 6.45) is 5.83. The van der Waals surface area contributed by atoms with Crippen molar-refractivity contribution in [2.24, 2.45) is 0 Å². The molecule has 2 heteroatoms. The molecule has 0 spiro atoms. The summed E-state index contributed by atoms with van der Waals surface area (Å²) in [6.45, 7) is 4.37. The Labute approximate surface area is 238 Å². The number of rotatable bonds is 9. The van der Waals surface area contributed by atoms with E-state index in [9.17, 15) is 4.57 Å². The van der Waals surface area contributed by atoms with Crippen molar-refractivity contribution < 1.29 is 4.57 Å². The summed E-state index contributed by atoms with van der Waals surface area (Å²) in [6, 6.07) is 41.7. The molecule has 0 amide bonds. The van der Waals surface area contributed by atoms with Crippen molar-refractivity contribution in [2.75, 3.05) is 12.3 Å². The van der Waals surface area contributed by atoms with Crippen LogP contribution in [0, 0.1) is 0 Å². The molecule has 0 aliphatic heterocycles. The molecule has 6 aromatic carbocycles. The fraction of sp³-hybridized carbons (Fsp3) is 0.211. The lowest BCUT2D eigenvalue weighted by Gasteiger charge is -2.20. The zero-order valence-corrected chi connectivity index (χ0v) is 24.5. The summed E-state index contributed by atoms with van der Waals surface area (Å²) in [7, 11) is -2.38. The summed E-state index contributed by atoms with van der Waals surface area (Å²) >= 11 is 0. The van der Waals surface area contributed by atoms with Crippen LogP contribution in [0.25, 0.3) is 54.6 Å². The van der Waals surface area contributed by atoms with Crippen molar-refractivity contribution in [3.63, 3.8) is 0 Å². The van der Waals surface area contributed by atoms with Gasteiger partial charge in [-0.2, -0.15) is 0 Å². The Morgan fingerprint density at radius 1 is 0.500 bits per heavy atom. The Kier molecular flexibility index (Phi) is 7.59. The predicted molar refractivity (Wildman–Crippen MR) is 177 cm³/mol. The Bertz CT molecular complexity index is 1780. The first kappa shape index (κ1) is 26.5. The van der Waals surface area contributed by atoms with Crippen molar-refractivity contribution >= 4 is 44.8 Å². The lowest BCUT2D eigenvalue weighted by Crippen LogP contribution is -2.11. The average Bonchev–Trinajstić information content (AvgIpc) is 3.01. The van der Waals surface area contributed by atoms with Gasteiger partial charge >= 0.3 is 0 Å². The van der Waals surface area contributed by atoms with E-state index in [-0.39, 0.29) is 0 Å². The third-order valence-corrected chi connectivity index (χ3v) is 11.7. The highest BCUT2D eigenvalue weighted by Crippen LogP contribution is 2.48. The molecule has 0 radical (unpaired) electrons. The van der Waals surface area contributed by atoms with Crippen LogP contribution < -0.4 is 5.30 Å². The van der Waals surface area contributed by atoms with Gasteiger partial charge in [0.2, 0.25) is 0 Å². The minimum absolute atomic E-state index is 0.815. The van der Waals surface area contributed by atoms with Gasteiger partial charge in [0.05, 0.1) is 0 Å². The molecular weight excluding hydrogens is 503 g/mol. The summed E-state index contributed by atoms with van der Waals surface area (Å²) < 4.78 is 14.1. The molecular formula is C38H37OP. The van der Waals surface area contributed by atoms with Gasteiger partial charge in [-0.1, -0.05) is 136 Å². The van der Waals surface area contributed by atoms with Gasteiger partial charge in [0.25, 0.3) is 0 Å². The second kappa shape index (κ2) is 11.4.